The SMILES string of the molecule is CC1(C)c2ccccc2-c2ccc(-c3ccc(-c4ccccc4Nc4ccc(-c5ccc(-c6ccc7oc8ccc9ccccc9c8c7c6)cc5)cc4)cc3)cc21. The minimum atomic E-state index is -0.0145. The third-order valence-electron chi connectivity index (χ3n) is 12.1. The van der Waals surface area contributed by atoms with Gasteiger partial charge in [-0.15, -0.1) is 0 Å². The molecule has 0 aliphatic heterocycles. The number of furan rings is 1. The zero-order valence-corrected chi connectivity index (χ0v) is 31.9. The highest BCUT2D eigenvalue weighted by molar-refractivity contribution is 6.19. The van der Waals surface area contributed by atoms with Crippen LogP contribution in [-0.2, 0) is 5.41 Å². The molecular formula is C55H39NO. The first-order chi connectivity index (χ1) is 28.0. The van der Waals surface area contributed by atoms with E-state index in [9.17, 15) is 0 Å². The average molecular weight is 730 g/mol. The maximum atomic E-state index is 6.24. The second-order valence-corrected chi connectivity index (χ2v) is 15.8. The first kappa shape index (κ1) is 33.2. The molecular weight excluding hydrogens is 691 g/mol. The maximum Gasteiger partial charge on any atom is 0.136 e. The summed E-state index contributed by atoms with van der Waals surface area (Å²) in [6.07, 6.45) is 0. The molecule has 2 heteroatoms. The summed E-state index contributed by atoms with van der Waals surface area (Å²) in [4.78, 5) is 0. The highest BCUT2D eigenvalue weighted by Gasteiger charge is 2.35. The number of rotatable bonds is 6. The van der Waals surface area contributed by atoms with Gasteiger partial charge in [0.2, 0.25) is 0 Å². The molecule has 270 valence electrons. The van der Waals surface area contributed by atoms with Crippen molar-refractivity contribution in [2.45, 2.75) is 19.3 Å². The van der Waals surface area contributed by atoms with Gasteiger partial charge >= 0.3 is 0 Å². The second-order valence-electron chi connectivity index (χ2n) is 15.8. The fourth-order valence-electron chi connectivity index (χ4n) is 9.05. The van der Waals surface area contributed by atoms with E-state index in [0.29, 0.717) is 0 Å². The molecule has 1 aromatic heterocycles. The molecule has 9 aromatic carbocycles. The third-order valence-corrected chi connectivity index (χ3v) is 12.1. The Morgan fingerprint density at radius 2 is 0.930 bits per heavy atom. The standard InChI is InChI=1S/C55H39NO/c1-55(2)49-13-7-5-12-46(49)47-30-25-42(34-50(47)55)38-19-21-40(22-20-38)44-10-6-8-14-51(44)56-43-28-23-36(24-29-43)35-15-17-37(18-16-35)41-27-31-52-48(33-41)54-45-11-4-3-9-39(45)26-32-53(54)57-52/h3-34,56H,1-2H3. The van der Waals surface area contributed by atoms with Gasteiger partial charge in [0.05, 0.1) is 0 Å². The molecule has 0 fully saturated rings. The monoisotopic (exact) mass is 729 g/mol. The first-order valence-corrected chi connectivity index (χ1v) is 19.7. The number of hydrogen-bond donors (Lipinski definition) is 1. The first-order valence-electron chi connectivity index (χ1n) is 19.7. The van der Waals surface area contributed by atoms with Crippen LogP contribution in [0, 0.1) is 0 Å². The lowest BCUT2D eigenvalue weighted by molar-refractivity contribution is 0.660. The summed E-state index contributed by atoms with van der Waals surface area (Å²) < 4.78 is 6.24. The highest BCUT2D eigenvalue weighted by Crippen LogP contribution is 2.49. The van der Waals surface area contributed by atoms with E-state index in [2.05, 4.69) is 213 Å². The zero-order valence-electron chi connectivity index (χ0n) is 31.9. The number of fused-ring (bicyclic) bond motifs is 8. The van der Waals surface area contributed by atoms with Crippen molar-refractivity contribution in [3.63, 3.8) is 0 Å². The normalized spacial score (nSPS) is 12.9. The summed E-state index contributed by atoms with van der Waals surface area (Å²) in [6, 6.07) is 70.2. The van der Waals surface area contributed by atoms with Crippen molar-refractivity contribution in [1.82, 2.24) is 0 Å². The van der Waals surface area contributed by atoms with Crippen LogP contribution in [0.4, 0.5) is 11.4 Å². The molecule has 0 saturated carbocycles. The van der Waals surface area contributed by atoms with E-state index in [-0.39, 0.29) is 5.41 Å². The van der Waals surface area contributed by atoms with Gasteiger partial charge in [0.15, 0.2) is 0 Å². The molecule has 2 nitrogen and oxygen atoms in total. The fourth-order valence-corrected chi connectivity index (χ4v) is 9.05. The fraction of sp³-hybridized carbons (Fsp3) is 0.0545. The summed E-state index contributed by atoms with van der Waals surface area (Å²) in [5, 5.41) is 8.47. The number of anilines is 2. The molecule has 1 N–H and O–H groups in total. The summed E-state index contributed by atoms with van der Waals surface area (Å²) in [5.74, 6) is 0. The number of hydrogen-bond acceptors (Lipinski definition) is 2. The van der Waals surface area contributed by atoms with Crippen molar-refractivity contribution >= 4 is 44.1 Å². The summed E-state index contributed by atoms with van der Waals surface area (Å²) >= 11 is 0. The summed E-state index contributed by atoms with van der Waals surface area (Å²) in [5.41, 5.74) is 19.0. The summed E-state index contributed by atoms with van der Waals surface area (Å²) in [6.45, 7) is 4.68. The van der Waals surface area contributed by atoms with Crippen LogP contribution >= 0.6 is 0 Å². The van der Waals surface area contributed by atoms with Crippen molar-refractivity contribution in [3.05, 3.63) is 205 Å². The lowest BCUT2D eigenvalue weighted by atomic mass is 9.81. The van der Waals surface area contributed by atoms with E-state index in [1.807, 2.05) is 0 Å². The lowest BCUT2D eigenvalue weighted by Gasteiger charge is -2.22. The van der Waals surface area contributed by atoms with Crippen molar-refractivity contribution in [1.29, 1.82) is 0 Å². The Kier molecular flexibility index (Phi) is 7.55. The molecule has 0 spiro atoms. The van der Waals surface area contributed by atoms with Gasteiger partial charge in [-0.2, -0.15) is 0 Å². The number of para-hydroxylation sites is 1. The molecule has 1 aliphatic rings. The predicted molar refractivity (Wildman–Crippen MR) is 240 cm³/mol. The second kappa shape index (κ2) is 13.0. The van der Waals surface area contributed by atoms with Crippen LogP contribution in [0.25, 0.3) is 88.3 Å². The molecule has 0 unspecified atom stereocenters. The van der Waals surface area contributed by atoms with Crippen LogP contribution in [0.3, 0.4) is 0 Å². The Bertz CT molecular complexity index is 3150. The van der Waals surface area contributed by atoms with E-state index in [0.717, 1.165) is 27.9 Å². The van der Waals surface area contributed by atoms with Crippen LogP contribution in [0.15, 0.2) is 199 Å². The highest BCUT2D eigenvalue weighted by atomic mass is 16.3. The van der Waals surface area contributed by atoms with E-state index < -0.39 is 0 Å². The zero-order chi connectivity index (χ0) is 38.1. The van der Waals surface area contributed by atoms with Gasteiger partial charge in [-0.3, -0.25) is 0 Å². The molecule has 1 heterocycles. The number of nitrogens with one attached hydrogen (secondary N) is 1. The van der Waals surface area contributed by atoms with Crippen LogP contribution < -0.4 is 5.32 Å². The van der Waals surface area contributed by atoms with Gasteiger partial charge in [-0.25, -0.2) is 0 Å². The van der Waals surface area contributed by atoms with Crippen molar-refractivity contribution in [2.24, 2.45) is 0 Å². The molecule has 57 heavy (non-hydrogen) atoms. The Labute approximate surface area is 332 Å². The Balaban J connectivity index is 0.817. The van der Waals surface area contributed by atoms with Crippen LogP contribution in [0.2, 0.25) is 0 Å². The lowest BCUT2D eigenvalue weighted by Crippen LogP contribution is -2.14. The van der Waals surface area contributed by atoms with E-state index >= 15 is 0 Å². The topological polar surface area (TPSA) is 25.2 Å². The minimum absolute atomic E-state index is 0.0145. The van der Waals surface area contributed by atoms with Gasteiger partial charge in [-0.1, -0.05) is 166 Å². The van der Waals surface area contributed by atoms with E-state index in [4.69, 9.17) is 4.42 Å². The molecule has 0 radical (unpaired) electrons. The van der Waals surface area contributed by atoms with Gasteiger partial charge in [0, 0.05) is 33.1 Å². The quantitative estimate of drug-likeness (QED) is 0.184. The summed E-state index contributed by atoms with van der Waals surface area (Å²) in [7, 11) is 0. The average Bonchev–Trinajstić information content (AvgIpc) is 3.76. The molecule has 0 amide bonds. The molecule has 0 atom stereocenters. The van der Waals surface area contributed by atoms with Crippen molar-refractivity contribution in [3.8, 4) is 55.6 Å². The number of benzene rings is 9. The van der Waals surface area contributed by atoms with E-state index in [1.165, 1.54) is 82.9 Å². The Hall–Kier alpha value is -7.16. The molecule has 11 rings (SSSR count). The van der Waals surface area contributed by atoms with Gasteiger partial charge in [0.25, 0.3) is 0 Å². The molecule has 1 aliphatic carbocycles. The van der Waals surface area contributed by atoms with Crippen molar-refractivity contribution < 1.29 is 4.42 Å². The van der Waals surface area contributed by atoms with Crippen LogP contribution in [0.5, 0.6) is 0 Å². The third kappa shape index (κ3) is 5.56. The molecule has 0 saturated heterocycles. The molecule has 10 aromatic rings. The molecule has 0 bridgehead atoms. The van der Waals surface area contributed by atoms with Crippen molar-refractivity contribution in [2.75, 3.05) is 5.32 Å². The Morgan fingerprint density at radius 1 is 0.386 bits per heavy atom. The smallest absolute Gasteiger partial charge is 0.136 e. The van der Waals surface area contributed by atoms with Gasteiger partial charge in [0.1, 0.15) is 11.2 Å². The Morgan fingerprint density at radius 3 is 1.70 bits per heavy atom. The van der Waals surface area contributed by atoms with E-state index in [1.54, 1.807) is 0 Å². The van der Waals surface area contributed by atoms with Gasteiger partial charge in [-0.05, 0) is 114 Å². The largest absolute Gasteiger partial charge is 0.456 e. The van der Waals surface area contributed by atoms with Gasteiger partial charge < -0.3 is 9.73 Å². The maximum absolute atomic E-state index is 6.24. The minimum Gasteiger partial charge on any atom is -0.456 e. The van der Waals surface area contributed by atoms with Crippen LogP contribution in [-0.4, -0.2) is 0 Å². The van der Waals surface area contributed by atoms with Crippen LogP contribution in [0.1, 0.15) is 25.0 Å². The predicted octanol–water partition coefficient (Wildman–Crippen LogP) is 15.5.